The molecular formula is C12H9F3N2O. The van der Waals surface area contributed by atoms with Gasteiger partial charge in [0.05, 0.1) is 5.70 Å². The van der Waals surface area contributed by atoms with Gasteiger partial charge in [0.1, 0.15) is 5.84 Å². The minimum Gasteiger partial charge on any atom is -0.309 e. The predicted molar refractivity (Wildman–Crippen MR) is 60.5 cm³/mol. The highest BCUT2D eigenvalue weighted by atomic mass is 19.4. The molecule has 0 radical (unpaired) electrons. The van der Waals surface area contributed by atoms with Crippen molar-refractivity contribution < 1.29 is 18.0 Å². The van der Waals surface area contributed by atoms with Gasteiger partial charge in [-0.15, -0.1) is 0 Å². The highest BCUT2D eigenvalue weighted by Crippen LogP contribution is 2.21. The van der Waals surface area contributed by atoms with Crippen molar-refractivity contribution in [2.75, 3.05) is 0 Å². The third kappa shape index (κ3) is 2.58. The number of nitrogens with zero attached hydrogens (tertiary/aromatic N) is 2. The summed E-state index contributed by atoms with van der Waals surface area (Å²) in [5, 5.41) is 0. The Morgan fingerprint density at radius 3 is 2.67 bits per heavy atom. The summed E-state index contributed by atoms with van der Waals surface area (Å²) in [7, 11) is 0. The Morgan fingerprint density at radius 2 is 2.00 bits per heavy atom. The topological polar surface area (TPSA) is 32.7 Å². The molecule has 0 saturated heterocycles. The molecule has 0 atom stereocenters. The van der Waals surface area contributed by atoms with Crippen LogP contribution in [0.3, 0.4) is 0 Å². The Balaban J connectivity index is 2.27. The number of ketones is 1. The zero-order valence-electron chi connectivity index (χ0n) is 9.40. The van der Waals surface area contributed by atoms with E-state index >= 15 is 0 Å². The number of carbonyl (C=O) groups is 1. The number of amidine groups is 1. The molecule has 0 spiro atoms. The van der Waals surface area contributed by atoms with E-state index in [2.05, 4.69) is 4.99 Å². The summed E-state index contributed by atoms with van der Waals surface area (Å²) in [6.45, 7) is 1.85. The third-order valence-corrected chi connectivity index (χ3v) is 2.33. The van der Waals surface area contributed by atoms with E-state index in [0.717, 1.165) is 5.57 Å². The maximum Gasteiger partial charge on any atom is 0.454 e. The maximum atomic E-state index is 12.1. The first-order valence-corrected chi connectivity index (χ1v) is 5.11. The lowest BCUT2D eigenvalue weighted by Gasteiger charge is -2.22. The van der Waals surface area contributed by atoms with E-state index in [-0.39, 0.29) is 5.70 Å². The molecule has 0 aromatic heterocycles. The van der Waals surface area contributed by atoms with Crippen molar-refractivity contribution in [3.05, 3.63) is 48.0 Å². The van der Waals surface area contributed by atoms with Gasteiger partial charge >= 0.3 is 6.18 Å². The lowest BCUT2D eigenvalue weighted by atomic mass is 10.2. The molecule has 0 aromatic carbocycles. The van der Waals surface area contributed by atoms with Crippen LogP contribution in [0.4, 0.5) is 13.2 Å². The minimum absolute atomic E-state index is 0.0112. The van der Waals surface area contributed by atoms with E-state index in [4.69, 9.17) is 0 Å². The fourth-order valence-electron chi connectivity index (χ4n) is 1.44. The number of aliphatic imine (C=N–C) groups is 1. The summed E-state index contributed by atoms with van der Waals surface area (Å²) < 4.78 is 36.3. The number of allylic oxidation sites excluding steroid dienone is 4. The van der Waals surface area contributed by atoms with Gasteiger partial charge in [0, 0.05) is 18.5 Å². The van der Waals surface area contributed by atoms with Gasteiger partial charge in [-0.3, -0.25) is 4.79 Å². The second-order valence-electron chi connectivity index (χ2n) is 3.83. The molecule has 0 bridgehead atoms. The molecule has 0 aliphatic carbocycles. The Bertz CT molecular complexity index is 536. The molecule has 3 nitrogen and oxygen atoms in total. The number of fused-ring (bicyclic) bond motifs is 1. The summed E-state index contributed by atoms with van der Waals surface area (Å²) in [6.07, 6.45) is 3.84. The second kappa shape index (κ2) is 4.29. The molecule has 2 aliphatic heterocycles. The normalized spacial score (nSPS) is 20.7. The van der Waals surface area contributed by atoms with Gasteiger partial charge in [0.15, 0.2) is 0 Å². The molecule has 0 fully saturated rings. The largest absolute Gasteiger partial charge is 0.454 e. The first-order valence-electron chi connectivity index (χ1n) is 5.11. The smallest absolute Gasteiger partial charge is 0.309 e. The lowest BCUT2D eigenvalue weighted by Crippen LogP contribution is -2.24. The summed E-state index contributed by atoms with van der Waals surface area (Å²) in [4.78, 5) is 16.4. The molecule has 0 saturated carbocycles. The Hall–Kier alpha value is -2.11. The van der Waals surface area contributed by atoms with Crippen LogP contribution in [0.2, 0.25) is 0 Å². The predicted octanol–water partition coefficient (Wildman–Crippen LogP) is 2.70. The number of halogens is 3. The molecule has 94 valence electrons. The van der Waals surface area contributed by atoms with Gasteiger partial charge in [0.2, 0.25) is 0 Å². The van der Waals surface area contributed by atoms with Crippen molar-refractivity contribution >= 4 is 11.6 Å². The van der Waals surface area contributed by atoms with Crippen LogP contribution in [-0.4, -0.2) is 22.7 Å². The van der Waals surface area contributed by atoms with Crippen LogP contribution in [0.1, 0.15) is 6.92 Å². The van der Waals surface area contributed by atoms with Gasteiger partial charge in [0.25, 0.3) is 5.78 Å². The fourth-order valence-corrected chi connectivity index (χ4v) is 1.44. The Morgan fingerprint density at radius 1 is 1.33 bits per heavy atom. The average Bonchev–Trinajstić information content (AvgIpc) is 2.27. The number of hydrogen-bond acceptors (Lipinski definition) is 3. The molecule has 2 heterocycles. The minimum atomic E-state index is -4.86. The molecule has 2 rings (SSSR count). The van der Waals surface area contributed by atoms with Crippen molar-refractivity contribution in [1.29, 1.82) is 0 Å². The molecule has 2 aliphatic rings. The highest BCUT2D eigenvalue weighted by molar-refractivity contribution is 6.00. The van der Waals surface area contributed by atoms with Crippen LogP contribution in [0.5, 0.6) is 0 Å². The van der Waals surface area contributed by atoms with Gasteiger partial charge in [-0.2, -0.15) is 13.2 Å². The van der Waals surface area contributed by atoms with Crippen LogP contribution >= 0.6 is 0 Å². The van der Waals surface area contributed by atoms with Crippen LogP contribution in [0, 0.1) is 0 Å². The number of rotatable bonds is 1. The molecule has 18 heavy (non-hydrogen) atoms. The Kier molecular flexibility index (Phi) is 2.94. The van der Waals surface area contributed by atoms with Crippen molar-refractivity contribution in [3.63, 3.8) is 0 Å². The first-order chi connectivity index (χ1) is 8.36. The van der Waals surface area contributed by atoms with Crippen LogP contribution in [-0.2, 0) is 4.79 Å². The number of alkyl halides is 3. The SMILES string of the molecule is CC1=CC2=N/C(=C/C(=O)C(F)(F)F)C=CN2C=C1. The highest BCUT2D eigenvalue weighted by Gasteiger charge is 2.36. The van der Waals surface area contributed by atoms with E-state index in [1.54, 1.807) is 23.4 Å². The molecule has 0 aromatic rings. The summed E-state index contributed by atoms with van der Waals surface area (Å²) >= 11 is 0. The summed E-state index contributed by atoms with van der Waals surface area (Å²) in [6, 6.07) is 0. The van der Waals surface area contributed by atoms with Crippen LogP contribution in [0.25, 0.3) is 0 Å². The maximum absolute atomic E-state index is 12.1. The second-order valence-corrected chi connectivity index (χ2v) is 3.83. The van der Waals surface area contributed by atoms with Gasteiger partial charge < -0.3 is 4.90 Å². The number of hydrogen-bond donors (Lipinski definition) is 0. The molecule has 0 amide bonds. The average molecular weight is 254 g/mol. The van der Waals surface area contributed by atoms with Crippen LogP contribution < -0.4 is 0 Å². The van der Waals surface area contributed by atoms with Crippen molar-refractivity contribution in [2.24, 2.45) is 4.99 Å². The van der Waals surface area contributed by atoms with Gasteiger partial charge in [-0.05, 0) is 30.7 Å². The van der Waals surface area contributed by atoms with E-state index in [9.17, 15) is 18.0 Å². The quantitative estimate of drug-likeness (QED) is 0.674. The van der Waals surface area contributed by atoms with E-state index in [0.29, 0.717) is 11.9 Å². The van der Waals surface area contributed by atoms with E-state index in [1.807, 2.05) is 13.0 Å². The number of carbonyl (C=O) groups excluding carboxylic acids is 1. The Labute approximate surface area is 101 Å². The van der Waals surface area contributed by atoms with Crippen molar-refractivity contribution in [2.45, 2.75) is 13.1 Å². The molecular weight excluding hydrogens is 245 g/mol. The standard InChI is InChI=1S/C12H9F3N2O/c1-8-2-4-17-5-3-9(16-11(17)6-8)7-10(18)12(13,14)15/h2-7H,1H3/b9-7+. The summed E-state index contributed by atoms with van der Waals surface area (Å²) in [5.74, 6) is -1.43. The zero-order chi connectivity index (χ0) is 13.3. The fraction of sp³-hybridized carbons (Fsp3) is 0.167. The monoisotopic (exact) mass is 254 g/mol. The third-order valence-electron chi connectivity index (χ3n) is 2.33. The van der Waals surface area contributed by atoms with Gasteiger partial charge in [-0.25, -0.2) is 4.99 Å². The molecule has 6 heteroatoms. The van der Waals surface area contributed by atoms with E-state index in [1.165, 1.54) is 6.08 Å². The lowest BCUT2D eigenvalue weighted by molar-refractivity contribution is -0.165. The van der Waals surface area contributed by atoms with E-state index < -0.39 is 12.0 Å². The van der Waals surface area contributed by atoms with Crippen molar-refractivity contribution in [1.82, 2.24) is 4.90 Å². The molecule has 0 unspecified atom stereocenters. The van der Waals surface area contributed by atoms with Crippen LogP contribution in [0.15, 0.2) is 53.0 Å². The zero-order valence-corrected chi connectivity index (χ0v) is 9.40. The summed E-state index contributed by atoms with van der Waals surface area (Å²) in [5.41, 5.74) is 0.921. The molecule has 0 N–H and O–H groups in total. The first kappa shape index (κ1) is 12.3. The van der Waals surface area contributed by atoms with Crippen molar-refractivity contribution in [3.8, 4) is 0 Å². The van der Waals surface area contributed by atoms with Gasteiger partial charge in [-0.1, -0.05) is 0 Å².